The monoisotopic (exact) mass is 125 g/mol. The molecule has 1 saturated heterocycles. The van der Waals surface area contributed by atoms with Gasteiger partial charge in [-0.05, 0) is 13.8 Å². The topological polar surface area (TPSA) is 44.7 Å². The van der Waals surface area contributed by atoms with Crippen molar-refractivity contribution in [2.24, 2.45) is 4.99 Å². The molecule has 2 aliphatic rings. The Kier molecular flexibility index (Phi) is 0.512. The van der Waals surface area contributed by atoms with Gasteiger partial charge in [0.05, 0.1) is 0 Å². The lowest BCUT2D eigenvalue weighted by Gasteiger charge is -2.50. The van der Waals surface area contributed by atoms with Crippen molar-refractivity contribution < 1.29 is 4.79 Å². The summed E-state index contributed by atoms with van der Waals surface area (Å²) < 4.78 is 0. The fourth-order valence-electron chi connectivity index (χ4n) is 1.10. The molecule has 0 aromatic heterocycles. The molecule has 0 bridgehead atoms. The number of carbonyl (C=O) groups excluding carboxylic acids is 1. The third-order valence-corrected chi connectivity index (χ3v) is 1.56. The number of carbonyl (C=O) groups is 1. The highest BCUT2D eigenvalue weighted by Crippen LogP contribution is 2.30. The summed E-state index contributed by atoms with van der Waals surface area (Å²) >= 11 is 0. The van der Waals surface area contributed by atoms with Crippen molar-refractivity contribution in [1.82, 2.24) is 10.2 Å². The largest absolute Gasteiger partial charge is 0.332 e. The van der Waals surface area contributed by atoms with Crippen LogP contribution in [0.15, 0.2) is 4.99 Å². The van der Waals surface area contributed by atoms with Gasteiger partial charge >= 0.3 is 6.03 Å². The Morgan fingerprint density at radius 1 is 1.67 bits per heavy atom. The van der Waals surface area contributed by atoms with Crippen LogP contribution in [0.25, 0.3) is 0 Å². The molecule has 1 fully saturated rings. The molecule has 1 N–H and O–H groups in total. The second-order valence-corrected chi connectivity index (χ2v) is 2.70. The van der Waals surface area contributed by atoms with Gasteiger partial charge in [0.15, 0.2) is 0 Å². The zero-order chi connectivity index (χ0) is 6.65. The second-order valence-electron chi connectivity index (χ2n) is 2.70. The number of fused-ring (bicyclic) bond motifs is 1. The van der Waals surface area contributed by atoms with Crippen LogP contribution in [0.4, 0.5) is 4.79 Å². The van der Waals surface area contributed by atoms with Gasteiger partial charge in [0.1, 0.15) is 5.66 Å². The molecule has 2 rings (SSSR count). The minimum atomic E-state index is -0.280. The first-order valence-electron chi connectivity index (χ1n) is 2.82. The summed E-state index contributed by atoms with van der Waals surface area (Å²) in [6, 6.07) is -0.0370. The second kappa shape index (κ2) is 0.964. The molecule has 4 heteroatoms. The standard InChI is InChI=1S/C5H7N3O/c1-5(2)7-3-6-4(9)8(3)5/h1-2H3,(H,6,7,9). The molecule has 0 aliphatic carbocycles. The van der Waals surface area contributed by atoms with Crippen LogP contribution >= 0.6 is 0 Å². The van der Waals surface area contributed by atoms with Crippen LogP contribution in [-0.2, 0) is 0 Å². The molecule has 0 spiro atoms. The number of nitrogens with one attached hydrogen (secondary N) is 1. The van der Waals surface area contributed by atoms with Gasteiger partial charge < -0.3 is 0 Å². The van der Waals surface area contributed by atoms with E-state index in [0.717, 1.165) is 0 Å². The Labute approximate surface area is 52.6 Å². The van der Waals surface area contributed by atoms with Crippen LogP contribution in [-0.4, -0.2) is 22.6 Å². The lowest BCUT2D eigenvalue weighted by molar-refractivity contribution is 0.139. The van der Waals surface area contributed by atoms with E-state index in [1.54, 1.807) is 4.90 Å². The Morgan fingerprint density at radius 3 is 2.56 bits per heavy atom. The highest BCUT2D eigenvalue weighted by molar-refractivity contribution is 6.17. The quantitative estimate of drug-likeness (QED) is 0.491. The first-order valence-corrected chi connectivity index (χ1v) is 2.82. The number of amides is 2. The van der Waals surface area contributed by atoms with Gasteiger partial charge in [0.2, 0.25) is 5.96 Å². The molecule has 0 saturated carbocycles. The van der Waals surface area contributed by atoms with Crippen LogP contribution in [0.2, 0.25) is 0 Å². The zero-order valence-electron chi connectivity index (χ0n) is 5.30. The van der Waals surface area contributed by atoms with E-state index in [-0.39, 0.29) is 11.7 Å². The first kappa shape index (κ1) is 4.78. The van der Waals surface area contributed by atoms with E-state index in [2.05, 4.69) is 10.3 Å². The lowest BCUT2D eigenvalue weighted by atomic mass is 10.1. The molecular weight excluding hydrogens is 118 g/mol. The molecular formula is C5H7N3O. The molecule has 2 amide bonds. The van der Waals surface area contributed by atoms with Gasteiger partial charge in [-0.3, -0.25) is 5.32 Å². The van der Waals surface area contributed by atoms with Crippen molar-refractivity contribution in [2.45, 2.75) is 19.5 Å². The molecule has 4 nitrogen and oxygen atoms in total. The van der Waals surface area contributed by atoms with Crippen molar-refractivity contribution >= 4 is 12.0 Å². The molecule has 0 atom stereocenters. The van der Waals surface area contributed by atoms with Crippen molar-refractivity contribution in [3.8, 4) is 0 Å². The normalized spacial score (nSPS) is 27.1. The zero-order valence-corrected chi connectivity index (χ0v) is 5.30. The number of hydrogen-bond donors (Lipinski definition) is 1. The molecule has 9 heavy (non-hydrogen) atoms. The number of guanidine groups is 1. The average Bonchev–Trinajstić information content (AvgIpc) is 1.60. The van der Waals surface area contributed by atoms with Gasteiger partial charge in [0.25, 0.3) is 0 Å². The van der Waals surface area contributed by atoms with Crippen LogP contribution in [0, 0.1) is 0 Å². The number of nitrogens with zero attached hydrogens (tertiary/aromatic N) is 2. The van der Waals surface area contributed by atoms with Crippen LogP contribution in [0.1, 0.15) is 13.8 Å². The minimum Gasteiger partial charge on any atom is -0.277 e. The summed E-state index contributed by atoms with van der Waals surface area (Å²) in [5, 5.41) is 2.53. The van der Waals surface area contributed by atoms with Crippen LogP contribution in [0.5, 0.6) is 0 Å². The van der Waals surface area contributed by atoms with Gasteiger partial charge in [0, 0.05) is 0 Å². The van der Waals surface area contributed by atoms with Gasteiger partial charge in [-0.25, -0.2) is 14.7 Å². The maximum Gasteiger partial charge on any atom is 0.332 e. The summed E-state index contributed by atoms with van der Waals surface area (Å²) in [6.07, 6.45) is 0. The van der Waals surface area contributed by atoms with E-state index < -0.39 is 0 Å². The molecule has 0 aromatic carbocycles. The Morgan fingerprint density at radius 2 is 2.33 bits per heavy atom. The third kappa shape index (κ3) is 0.352. The molecule has 2 aliphatic heterocycles. The van der Waals surface area contributed by atoms with Crippen molar-refractivity contribution in [1.29, 1.82) is 0 Å². The Bertz CT molecular complexity index is 218. The van der Waals surface area contributed by atoms with Gasteiger partial charge in [-0.2, -0.15) is 0 Å². The number of rotatable bonds is 0. The van der Waals surface area contributed by atoms with E-state index in [4.69, 9.17) is 0 Å². The summed E-state index contributed by atoms with van der Waals surface area (Å²) in [5.41, 5.74) is -0.280. The van der Waals surface area contributed by atoms with E-state index >= 15 is 0 Å². The van der Waals surface area contributed by atoms with Gasteiger partial charge in [-0.15, -0.1) is 0 Å². The van der Waals surface area contributed by atoms with Crippen molar-refractivity contribution in [3.05, 3.63) is 0 Å². The van der Waals surface area contributed by atoms with Crippen LogP contribution in [0.3, 0.4) is 0 Å². The molecule has 2 heterocycles. The van der Waals surface area contributed by atoms with E-state index in [0.29, 0.717) is 5.96 Å². The minimum absolute atomic E-state index is 0.0370. The number of aliphatic imine (C=N–C) groups is 1. The van der Waals surface area contributed by atoms with E-state index in [1.165, 1.54) is 0 Å². The van der Waals surface area contributed by atoms with Crippen molar-refractivity contribution in [3.63, 3.8) is 0 Å². The highest BCUT2D eigenvalue weighted by Gasteiger charge is 2.50. The maximum absolute atomic E-state index is 10.6. The highest BCUT2D eigenvalue weighted by atomic mass is 16.2. The van der Waals surface area contributed by atoms with E-state index in [1.807, 2.05) is 13.8 Å². The van der Waals surface area contributed by atoms with E-state index in [9.17, 15) is 4.79 Å². The predicted molar refractivity (Wildman–Crippen MR) is 31.9 cm³/mol. The first-order chi connectivity index (χ1) is 4.11. The lowest BCUT2D eigenvalue weighted by Crippen LogP contribution is -2.75. The summed E-state index contributed by atoms with van der Waals surface area (Å²) in [5.74, 6) is 0.713. The summed E-state index contributed by atoms with van der Waals surface area (Å²) in [7, 11) is 0. The molecule has 0 aromatic rings. The van der Waals surface area contributed by atoms with Gasteiger partial charge in [-0.1, -0.05) is 0 Å². The average molecular weight is 125 g/mol. The third-order valence-electron chi connectivity index (χ3n) is 1.56. The summed E-state index contributed by atoms with van der Waals surface area (Å²) in [4.78, 5) is 16.4. The molecule has 48 valence electrons. The smallest absolute Gasteiger partial charge is 0.277 e. The Balaban J connectivity index is 2.34. The fourth-order valence-corrected chi connectivity index (χ4v) is 1.10. The molecule has 0 radical (unpaired) electrons. The Hall–Kier alpha value is -1.06. The van der Waals surface area contributed by atoms with Crippen molar-refractivity contribution in [2.75, 3.05) is 0 Å². The van der Waals surface area contributed by atoms with Crippen LogP contribution < -0.4 is 5.32 Å². The molecule has 0 unspecified atom stereocenters. The predicted octanol–water partition coefficient (Wildman–Crippen LogP) is 0.117. The fraction of sp³-hybridized carbons (Fsp3) is 0.600. The SMILES string of the molecule is CC1(C)N=C2NC(=O)N21. The number of urea groups is 1. The number of hydrogen-bond acceptors (Lipinski definition) is 2. The summed E-state index contributed by atoms with van der Waals surface area (Å²) in [6.45, 7) is 3.80. The maximum atomic E-state index is 10.6.